The van der Waals surface area contributed by atoms with Gasteiger partial charge in [-0.1, -0.05) is 6.07 Å². The van der Waals surface area contributed by atoms with Crippen molar-refractivity contribution in [3.05, 3.63) is 63.4 Å². The topological polar surface area (TPSA) is 52.3 Å². The van der Waals surface area contributed by atoms with Gasteiger partial charge in [0.2, 0.25) is 0 Å². The lowest BCUT2D eigenvalue weighted by molar-refractivity contribution is 0.0467. The Hall–Kier alpha value is -2.02. The van der Waals surface area contributed by atoms with Gasteiger partial charge in [0, 0.05) is 6.07 Å². The Kier molecular flexibility index (Phi) is 4.52. The van der Waals surface area contributed by atoms with Crippen molar-refractivity contribution in [2.45, 2.75) is 6.61 Å². The minimum absolute atomic E-state index is 0.186. The lowest BCUT2D eigenvalue weighted by Gasteiger charge is -2.07. The van der Waals surface area contributed by atoms with Crippen LogP contribution >= 0.6 is 15.9 Å². The summed E-state index contributed by atoms with van der Waals surface area (Å²) in [5.74, 6) is -3.46. The number of nitrogen functional groups attached to an aromatic ring is 1. The molecule has 0 unspecified atom stereocenters. The fourth-order valence-electron chi connectivity index (χ4n) is 1.58. The highest BCUT2D eigenvalue weighted by Crippen LogP contribution is 2.20. The molecule has 0 atom stereocenters. The molecule has 2 aromatic carbocycles. The number of ether oxygens (including phenoxy) is 1. The summed E-state index contributed by atoms with van der Waals surface area (Å²) in [4.78, 5) is 11.7. The highest BCUT2D eigenvalue weighted by molar-refractivity contribution is 9.10. The molecule has 0 bridgehead atoms. The van der Waals surface area contributed by atoms with Crippen molar-refractivity contribution < 1.29 is 22.7 Å². The quantitative estimate of drug-likeness (QED) is 0.669. The van der Waals surface area contributed by atoms with Crippen molar-refractivity contribution in [3.63, 3.8) is 0 Å². The summed E-state index contributed by atoms with van der Waals surface area (Å²) in [7, 11) is 0. The van der Waals surface area contributed by atoms with E-state index in [9.17, 15) is 18.0 Å². The number of nitrogens with two attached hydrogens (primary N) is 1. The van der Waals surface area contributed by atoms with E-state index in [0.29, 0.717) is 11.6 Å². The van der Waals surface area contributed by atoms with E-state index >= 15 is 0 Å². The first-order valence-electron chi connectivity index (χ1n) is 5.74. The average molecular weight is 360 g/mol. The maximum absolute atomic E-state index is 13.5. The van der Waals surface area contributed by atoms with Gasteiger partial charge in [-0.15, -0.1) is 0 Å². The van der Waals surface area contributed by atoms with Crippen molar-refractivity contribution in [2.24, 2.45) is 0 Å². The number of rotatable bonds is 3. The standard InChI is InChI=1S/C14H9BrF3NO2/c15-9-3-7(1-2-10(9)16)6-21-14(20)8-4-13(19)12(18)5-11(8)17/h1-5H,6,19H2. The van der Waals surface area contributed by atoms with Crippen LogP contribution in [0.1, 0.15) is 15.9 Å². The molecule has 7 heteroatoms. The number of anilines is 1. The zero-order valence-electron chi connectivity index (χ0n) is 10.5. The van der Waals surface area contributed by atoms with Crippen LogP contribution in [-0.2, 0) is 11.3 Å². The first-order valence-corrected chi connectivity index (χ1v) is 6.53. The van der Waals surface area contributed by atoms with Gasteiger partial charge in [-0.3, -0.25) is 0 Å². The Morgan fingerprint density at radius 3 is 2.48 bits per heavy atom. The van der Waals surface area contributed by atoms with Crippen LogP contribution in [0, 0.1) is 17.5 Å². The predicted molar refractivity (Wildman–Crippen MR) is 74.0 cm³/mol. The zero-order valence-corrected chi connectivity index (χ0v) is 12.1. The summed E-state index contributed by atoms with van der Waals surface area (Å²) in [5.41, 5.74) is 4.96. The fraction of sp³-hybridized carbons (Fsp3) is 0.0714. The third kappa shape index (κ3) is 3.55. The fourth-order valence-corrected chi connectivity index (χ4v) is 2.00. The van der Waals surface area contributed by atoms with Crippen LogP contribution in [0.25, 0.3) is 0 Å². The van der Waals surface area contributed by atoms with E-state index in [2.05, 4.69) is 15.9 Å². The van der Waals surface area contributed by atoms with Crippen LogP contribution in [0.15, 0.2) is 34.8 Å². The summed E-state index contributed by atoms with van der Waals surface area (Å²) in [5, 5.41) is 0. The number of hydrogen-bond donors (Lipinski definition) is 1. The van der Waals surface area contributed by atoms with Gasteiger partial charge in [0.1, 0.15) is 24.1 Å². The molecular weight excluding hydrogens is 351 g/mol. The van der Waals surface area contributed by atoms with E-state index in [-0.39, 0.29) is 16.8 Å². The van der Waals surface area contributed by atoms with Crippen LogP contribution in [0.3, 0.4) is 0 Å². The van der Waals surface area contributed by atoms with Gasteiger partial charge < -0.3 is 10.5 Å². The minimum atomic E-state index is -1.06. The van der Waals surface area contributed by atoms with E-state index in [0.717, 1.165) is 6.07 Å². The first kappa shape index (κ1) is 15.4. The molecular formula is C14H9BrF3NO2. The second kappa shape index (κ2) is 6.17. The molecule has 110 valence electrons. The van der Waals surface area contributed by atoms with Crippen LogP contribution < -0.4 is 5.73 Å². The Bertz CT molecular complexity index is 707. The minimum Gasteiger partial charge on any atom is -0.457 e. The summed E-state index contributed by atoms with van der Waals surface area (Å²) < 4.78 is 44.6. The molecule has 0 saturated carbocycles. The Labute approximate surface area is 126 Å². The number of esters is 1. The van der Waals surface area contributed by atoms with Crippen molar-refractivity contribution in [1.82, 2.24) is 0 Å². The number of hydrogen-bond acceptors (Lipinski definition) is 3. The molecule has 0 saturated heterocycles. The molecule has 2 N–H and O–H groups in total. The van der Waals surface area contributed by atoms with Gasteiger partial charge in [-0.25, -0.2) is 18.0 Å². The molecule has 0 radical (unpaired) electrons. The van der Waals surface area contributed by atoms with Gasteiger partial charge in [0.25, 0.3) is 0 Å². The normalized spacial score (nSPS) is 10.5. The van der Waals surface area contributed by atoms with Gasteiger partial charge >= 0.3 is 5.97 Å². The molecule has 0 aliphatic rings. The summed E-state index contributed by atoms with van der Waals surface area (Å²) in [6.07, 6.45) is 0. The molecule has 3 nitrogen and oxygen atoms in total. The molecule has 0 fully saturated rings. The Morgan fingerprint density at radius 1 is 1.10 bits per heavy atom. The number of benzene rings is 2. The molecule has 0 amide bonds. The lowest BCUT2D eigenvalue weighted by Crippen LogP contribution is -2.09. The first-order chi connectivity index (χ1) is 9.88. The second-order valence-electron chi connectivity index (χ2n) is 4.18. The second-order valence-corrected chi connectivity index (χ2v) is 5.03. The molecule has 0 aliphatic carbocycles. The van der Waals surface area contributed by atoms with Crippen LogP contribution in [0.2, 0.25) is 0 Å². The van der Waals surface area contributed by atoms with Gasteiger partial charge in [-0.2, -0.15) is 0 Å². The van der Waals surface area contributed by atoms with Gasteiger partial charge in [0.15, 0.2) is 0 Å². The van der Waals surface area contributed by atoms with Crippen LogP contribution in [-0.4, -0.2) is 5.97 Å². The highest BCUT2D eigenvalue weighted by Gasteiger charge is 2.16. The summed E-state index contributed by atoms with van der Waals surface area (Å²) in [6.45, 7) is -0.186. The summed E-state index contributed by atoms with van der Waals surface area (Å²) in [6, 6.07) is 5.43. The molecule has 21 heavy (non-hydrogen) atoms. The van der Waals surface area contributed by atoms with E-state index in [4.69, 9.17) is 10.5 Å². The molecule has 0 spiro atoms. The smallest absolute Gasteiger partial charge is 0.341 e. The van der Waals surface area contributed by atoms with Crippen molar-refractivity contribution in [3.8, 4) is 0 Å². The Balaban J connectivity index is 2.11. The zero-order chi connectivity index (χ0) is 15.6. The highest BCUT2D eigenvalue weighted by atomic mass is 79.9. The van der Waals surface area contributed by atoms with Gasteiger partial charge in [-0.05, 0) is 39.7 Å². The van der Waals surface area contributed by atoms with Crippen molar-refractivity contribution in [1.29, 1.82) is 0 Å². The number of halogens is 4. The number of carbonyl (C=O) groups excluding carboxylic acids is 1. The molecule has 0 aliphatic heterocycles. The summed E-state index contributed by atoms with van der Waals surface area (Å²) >= 11 is 2.99. The van der Waals surface area contributed by atoms with Crippen LogP contribution in [0.4, 0.5) is 18.9 Å². The van der Waals surface area contributed by atoms with E-state index in [1.165, 1.54) is 18.2 Å². The largest absolute Gasteiger partial charge is 0.457 e. The Morgan fingerprint density at radius 2 is 1.81 bits per heavy atom. The van der Waals surface area contributed by atoms with Gasteiger partial charge in [0.05, 0.1) is 15.7 Å². The predicted octanol–water partition coefficient (Wildman–Crippen LogP) is 3.81. The lowest BCUT2D eigenvalue weighted by atomic mass is 10.2. The molecule has 0 aromatic heterocycles. The molecule has 0 heterocycles. The van der Waals surface area contributed by atoms with E-state index < -0.39 is 29.0 Å². The van der Waals surface area contributed by atoms with E-state index in [1.54, 1.807) is 0 Å². The number of carbonyl (C=O) groups is 1. The monoisotopic (exact) mass is 359 g/mol. The average Bonchev–Trinajstić information content (AvgIpc) is 2.44. The maximum Gasteiger partial charge on any atom is 0.341 e. The SMILES string of the molecule is Nc1cc(C(=O)OCc2ccc(F)c(Br)c2)c(F)cc1F. The maximum atomic E-state index is 13.5. The molecule has 2 rings (SSSR count). The van der Waals surface area contributed by atoms with E-state index in [1.807, 2.05) is 0 Å². The third-order valence-electron chi connectivity index (χ3n) is 2.66. The van der Waals surface area contributed by atoms with Crippen molar-refractivity contribution >= 4 is 27.6 Å². The van der Waals surface area contributed by atoms with Crippen molar-refractivity contribution in [2.75, 3.05) is 5.73 Å². The molecule has 2 aromatic rings. The third-order valence-corrected chi connectivity index (χ3v) is 3.27. The van der Waals surface area contributed by atoms with Crippen LogP contribution in [0.5, 0.6) is 0 Å².